The number of nitrogens with one attached hydrogen (secondary N) is 1. The van der Waals surface area contributed by atoms with Crippen LogP contribution in [0.2, 0.25) is 5.02 Å². The van der Waals surface area contributed by atoms with Crippen LogP contribution in [0.25, 0.3) is 0 Å². The number of hydrogen-bond acceptors (Lipinski definition) is 3. The SMILES string of the molecule is Cc1cc(C)c(NC(=O)c2ccc(N3C(=O)c4ccccc4C3=O)cc2)c(Cl)c1. The molecule has 0 atom stereocenters. The molecule has 1 N–H and O–H groups in total. The third kappa shape index (κ3) is 3.30. The van der Waals surface area contributed by atoms with Gasteiger partial charge in [-0.05, 0) is 67.4 Å². The Morgan fingerprint density at radius 3 is 2.03 bits per heavy atom. The molecule has 0 bridgehead atoms. The molecule has 1 heterocycles. The number of amides is 3. The molecule has 3 aromatic carbocycles. The van der Waals surface area contributed by atoms with E-state index in [9.17, 15) is 14.4 Å². The molecule has 0 unspecified atom stereocenters. The highest BCUT2D eigenvalue weighted by Gasteiger charge is 2.36. The van der Waals surface area contributed by atoms with E-state index in [-0.39, 0.29) is 17.7 Å². The summed E-state index contributed by atoms with van der Waals surface area (Å²) in [5.74, 6) is -1.07. The Morgan fingerprint density at radius 2 is 1.48 bits per heavy atom. The van der Waals surface area contributed by atoms with Crippen molar-refractivity contribution in [3.05, 3.63) is 93.5 Å². The van der Waals surface area contributed by atoms with Crippen molar-refractivity contribution in [2.75, 3.05) is 10.2 Å². The maximum absolute atomic E-state index is 12.6. The van der Waals surface area contributed by atoms with E-state index in [1.165, 1.54) is 0 Å². The smallest absolute Gasteiger partial charge is 0.266 e. The van der Waals surface area contributed by atoms with Crippen molar-refractivity contribution >= 4 is 40.7 Å². The first kappa shape index (κ1) is 18.9. The van der Waals surface area contributed by atoms with Gasteiger partial charge >= 0.3 is 0 Å². The highest BCUT2D eigenvalue weighted by Crippen LogP contribution is 2.30. The molecular weight excluding hydrogens is 388 g/mol. The van der Waals surface area contributed by atoms with Crippen LogP contribution < -0.4 is 10.2 Å². The summed E-state index contributed by atoms with van der Waals surface area (Å²) in [6.45, 7) is 3.81. The molecular formula is C23H17ClN2O3. The predicted molar refractivity (Wildman–Crippen MR) is 113 cm³/mol. The Morgan fingerprint density at radius 1 is 0.897 bits per heavy atom. The number of aryl methyl sites for hydroxylation is 2. The van der Waals surface area contributed by atoms with Crippen LogP contribution in [0.1, 0.15) is 42.2 Å². The van der Waals surface area contributed by atoms with Gasteiger partial charge in [0.05, 0.1) is 27.5 Å². The summed E-state index contributed by atoms with van der Waals surface area (Å²) in [4.78, 5) is 38.9. The molecule has 3 aromatic rings. The highest BCUT2D eigenvalue weighted by molar-refractivity contribution is 6.35. The molecule has 0 fully saturated rings. The molecule has 29 heavy (non-hydrogen) atoms. The summed E-state index contributed by atoms with van der Waals surface area (Å²) < 4.78 is 0. The van der Waals surface area contributed by atoms with Crippen LogP contribution in [0.4, 0.5) is 11.4 Å². The summed E-state index contributed by atoms with van der Waals surface area (Å²) >= 11 is 6.26. The van der Waals surface area contributed by atoms with Crippen molar-refractivity contribution in [1.29, 1.82) is 0 Å². The van der Waals surface area contributed by atoms with Crippen molar-refractivity contribution in [2.24, 2.45) is 0 Å². The second kappa shape index (κ2) is 7.18. The lowest BCUT2D eigenvalue weighted by Crippen LogP contribution is -2.29. The van der Waals surface area contributed by atoms with Crippen LogP contribution in [0.15, 0.2) is 60.7 Å². The predicted octanol–water partition coefficient (Wildman–Crippen LogP) is 5.01. The molecule has 3 amide bonds. The van der Waals surface area contributed by atoms with Gasteiger partial charge in [-0.25, -0.2) is 4.90 Å². The normalized spacial score (nSPS) is 12.9. The van der Waals surface area contributed by atoms with E-state index in [4.69, 9.17) is 11.6 Å². The Labute approximate surface area is 172 Å². The molecule has 1 aliphatic heterocycles. The Balaban J connectivity index is 1.57. The fraction of sp³-hybridized carbons (Fsp3) is 0.0870. The van der Waals surface area contributed by atoms with Crippen LogP contribution >= 0.6 is 11.6 Å². The monoisotopic (exact) mass is 404 g/mol. The van der Waals surface area contributed by atoms with E-state index in [1.54, 1.807) is 54.6 Å². The largest absolute Gasteiger partial charge is 0.320 e. The van der Waals surface area contributed by atoms with Gasteiger partial charge < -0.3 is 5.32 Å². The zero-order valence-electron chi connectivity index (χ0n) is 15.8. The van der Waals surface area contributed by atoms with Gasteiger partial charge in [0.15, 0.2) is 0 Å². The van der Waals surface area contributed by atoms with E-state index in [0.717, 1.165) is 16.0 Å². The minimum absolute atomic E-state index is 0.326. The third-order valence-electron chi connectivity index (χ3n) is 4.85. The van der Waals surface area contributed by atoms with Crippen molar-refractivity contribution < 1.29 is 14.4 Å². The van der Waals surface area contributed by atoms with Gasteiger partial charge in [0.2, 0.25) is 0 Å². The molecule has 0 spiro atoms. The average molecular weight is 405 g/mol. The molecule has 5 nitrogen and oxygen atoms in total. The number of carbonyl (C=O) groups excluding carboxylic acids is 3. The minimum Gasteiger partial charge on any atom is -0.320 e. The van der Waals surface area contributed by atoms with Gasteiger partial charge in [-0.3, -0.25) is 14.4 Å². The molecule has 6 heteroatoms. The zero-order valence-corrected chi connectivity index (χ0v) is 16.6. The number of benzene rings is 3. The topological polar surface area (TPSA) is 66.5 Å². The van der Waals surface area contributed by atoms with E-state index < -0.39 is 0 Å². The summed E-state index contributed by atoms with van der Waals surface area (Å²) in [6, 6.07) is 16.7. The fourth-order valence-electron chi connectivity index (χ4n) is 3.45. The Kier molecular flexibility index (Phi) is 4.68. The number of anilines is 2. The molecule has 0 saturated heterocycles. The van der Waals surface area contributed by atoms with E-state index in [0.29, 0.717) is 33.1 Å². The second-order valence-corrected chi connectivity index (χ2v) is 7.34. The third-order valence-corrected chi connectivity index (χ3v) is 5.15. The van der Waals surface area contributed by atoms with Crippen LogP contribution in [0.3, 0.4) is 0 Å². The number of halogens is 1. The quantitative estimate of drug-likeness (QED) is 0.624. The van der Waals surface area contributed by atoms with Crippen molar-refractivity contribution in [3.63, 3.8) is 0 Å². The molecule has 0 aromatic heterocycles. The first-order valence-corrected chi connectivity index (χ1v) is 9.40. The van der Waals surface area contributed by atoms with Crippen LogP contribution in [-0.2, 0) is 0 Å². The van der Waals surface area contributed by atoms with Gasteiger partial charge in [0, 0.05) is 5.56 Å². The maximum atomic E-state index is 12.6. The average Bonchev–Trinajstić information content (AvgIpc) is 2.95. The van der Waals surface area contributed by atoms with Gasteiger partial charge in [-0.15, -0.1) is 0 Å². The van der Waals surface area contributed by atoms with E-state index in [1.807, 2.05) is 19.9 Å². The van der Waals surface area contributed by atoms with Gasteiger partial charge in [0.25, 0.3) is 17.7 Å². The number of rotatable bonds is 3. The standard InChI is InChI=1S/C23H17ClN2O3/c1-13-11-14(2)20(19(24)12-13)25-21(27)15-7-9-16(10-8-15)26-22(28)17-5-3-4-6-18(17)23(26)29/h3-12H,1-2H3,(H,25,27). The molecule has 0 aliphatic carbocycles. The van der Waals surface area contributed by atoms with Gasteiger partial charge in [-0.1, -0.05) is 29.8 Å². The number of hydrogen-bond donors (Lipinski definition) is 1. The highest BCUT2D eigenvalue weighted by atomic mass is 35.5. The summed E-state index contributed by atoms with van der Waals surface area (Å²) in [6.07, 6.45) is 0. The molecule has 1 aliphatic rings. The summed E-state index contributed by atoms with van der Waals surface area (Å²) in [7, 11) is 0. The zero-order chi connectivity index (χ0) is 20.7. The number of carbonyl (C=O) groups is 3. The Hall–Kier alpha value is -3.44. The fourth-order valence-corrected chi connectivity index (χ4v) is 3.81. The number of imide groups is 1. The van der Waals surface area contributed by atoms with Crippen LogP contribution in [0, 0.1) is 13.8 Å². The van der Waals surface area contributed by atoms with Crippen LogP contribution in [0.5, 0.6) is 0 Å². The maximum Gasteiger partial charge on any atom is 0.266 e. The van der Waals surface area contributed by atoms with Crippen molar-refractivity contribution in [3.8, 4) is 0 Å². The lowest BCUT2D eigenvalue weighted by molar-refractivity contribution is 0.0925. The van der Waals surface area contributed by atoms with Crippen LogP contribution in [-0.4, -0.2) is 17.7 Å². The summed E-state index contributed by atoms with van der Waals surface area (Å²) in [5, 5.41) is 3.30. The Bertz CT molecular complexity index is 1110. The van der Waals surface area contributed by atoms with Crippen molar-refractivity contribution in [2.45, 2.75) is 13.8 Å². The first-order valence-electron chi connectivity index (χ1n) is 9.03. The van der Waals surface area contributed by atoms with E-state index in [2.05, 4.69) is 5.32 Å². The number of nitrogens with zero attached hydrogens (tertiary/aromatic N) is 1. The van der Waals surface area contributed by atoms with E-state index >= 15 is 0 Å². The second-order valence-electron chi connectivity index (χ2n) is 6.93. The molecule has 4 rings (SSSR count). The first-order chi connectivity index (χ1) is 13.9. The molecule has 144 valence electrons. The lowest BCUT2D eigenvalue weighted by Gasteiger charge is -2.15. The molecule has 0 radical (unpaired) electrons. The minimum atomic E-state index is -0.370. The lowest BCUT2D eigenvalue weighted by atomic mass is 10.1. The molecule has 0 saturated carbocycles. The van der Waals surface area contributed by atoms with Crippen molar-refractivity contribution in [1.82, 2.24) is 0 Å². The van der Waals surface area contributed by atoms with Gasteiger partial charge in [0.1, 0.15) is 0 Å². The number of fused-ring (bicyclic) bond motifs is 1. The van der Waals surface area contributed by atoms with Gasteiger partial charge in [-0.2, -0.15) is 0 Å². The summed E-state index contributed by atoms with van der Waals surface area (Å²) in [5.41, 5.74) is 4.00.